The van der Waals surface area contributed by atoms with Crippen molar-refractivity contribution in [3.63, 3.8) is 0 Å². The fraction of sp³-hybridized carbons (Fsp3) is 0.533. The molecule has 0 radical (unpaired) electrons. The Hall–Kier alpha value is -1.55. The molecule has 0 aromatic heterocycles. The lowest BCUT2D eigenvalue weighted by atomic mass is 10.1. The van der Waals surface area contributed by atoms with E-state index in [4.69, 9.17) is 4.74 Å². The number of phenols is 1. The Kier molecular flexibility index (Phi) is 6.36. The van der Waals surface area contributed by atoms with E-state index in [-0.39, 0.29) is 5.75 Å². The smallest absolute Gasteiger partial charge is 0.124 e. The van der Waals surface area contributed by atoms with Gasteiger partial charge in [-0.3, -0.25) is 4.99 Å². The quantitative estimate of drug-likeness (QED) is 0.770. The number of methoxy groups -OCH3 is 1. The van der Waals surface area contributed by atoms with Crippen LogP contribution in [-0.2, 0) is 0 Å². The molecule has 0 heterocycles. The zero-order valence-electron chi connectivity index (χ0n) is 12.3. The van der Waals surface area contributed by atoms with E-state index in [1.54, 1.807) is 19.2 Å². The number of nitrogens with zero attached hydrogens (tertiary/aromatic N) is 2. The molecule has 1 aromatic carbocycles. The average Bonchev–Trinajstić information content (AvgIpc) is 2.44. The molecule has 0 saturated heterocycles. The highest BCUT2D eigenvalue weighted by Gasteiger charge is 2.06. The highest BCUT2D eigenvalue weighted by atomic mass is 16.5. The Morgan fingerprint density at radius 1 is 1.32 bits per heavy atom. The third-order valence-corrected chi connectivity index (χ3v) is 3.25. The van der Waals surface area contributed by atoms with E-state index in [0.717, 1.165) is 43.2 Å². The second-order valence-electron chi connectivity index (χ2n) is 4.38. The Morgan fingerprint density at radius 3 is 2.58 bits per heavy atom. The Bertz CT molecular complexity index is 426. The van der Waals surface area contributed by atoms with Gasteiger partial charge in [0.2, 0.25) is 0 Å². The number of aromatic hydroxyl groups is 1. The molecule has 0 saturated carbocycles. The van der Waals surface area contributed by atoms with Crippen molar-refractivity contribution in [2.24, 2.45) is 4.99 Å². The molecule has 106 valence electrons. The number of likely N-dealkylation sites (N-methyl/N-ethyl adjacent to an activating group) is 1. The lowest BCUT2D eigenvalue weighted by Gasteiger charge is -2.16. The topological polar surface area (TPSA) is 45.1 Å². The Balaban J connectivity index is 2.73. The number of aliphatic imine (C=N–C) groups is 1. The average molecular weight is 264 g/mol. The van der Waals surface area contributed by atoms with Gasteiger partial charge < -0.3 is 14.7 Å². The number of hydrogen-bond acceptors (Lipinski definition) is 4. The van der Waals surface area contributed by atoms with Crippen molar-refractivity contribution in [3.05, 3.63) is 23.8 Å². The van der Waals surface area contributed by atoms with Crippen LogP contribution in [0.2, 0.25) is 0 Å². The van der Waals surface area contributed by atoms with E-state index >= 15 is 0 Å². The van der Waals surface area contributed by atoms with Gasteiger partial charge >= 0.3 is 0 Å². The van der Waals surface area contributed by atoms with Gasteiger partial charge in [-0.15, -0.1) is 0 Å². The summed E-state index contributed by atoms with van der Waals surface area (Å²) in [4.78, 5) is 6.85. The molecule has 19 heavy (non-hydrogen) atoms. The van der Waals surface area contributed by atoms with E-state index in [1.165, 1.54) is 0 Å². The Labute approximate surface area is 115 Å². The second kappa shape index (κ2) is 7.79. The molecule has 0 aliphatic carbocycles. The van der Waals surface area contributed by atoms with Gasteiger partial charge in [0.05, 0.1) is 13.7 Å². The van der Waals surface area contributed by atoms with Crippen molar-refractivity contribution in [2.75, 3.05) is 33.3 Å². The van der Waals surface area contributed by atoms with Gasteiger partial charge in [0.25, 0.3) is 0 Å². The molecule has 0 atom stereocenters. The molecule has 4 nitrogen and oxygen atoms in total. The zero-order valence-corrected chi connectivity index (χ0v) is 12.3. The summed E-state index contributed by atoms with van der Waals surface area (Å²) in [7, 11) is 1.61. The molecule has 1 aromatic rings. The van der Waals surface area contributed by atoms with E-state index in [2.05, 4.69) is 23.7 Å². The van der Waals surface area contributed by atoms with Crippen LogP contribution in [0.5, 0.6) is 11.5 Å². The molecule has 0 bridgehead atoms. The van der Waals surface area contributed by atoms with Crippen molar-refractivity contribution in [1.29, 1.82) is 0 Å². The predicted octanol–water partition coefficient (Wildman–Crippen LogP) is 2.55. The summed E-state index contributed by atoms with van der Waals surface area (Å²) in [6, 6.07) is 5.19. The minimum absolute atomic E-state index is 0.241. The van der Waals surface area contributed by atoms with Crippen LogP contribution in [0.15, 0.2) is 23.2 Å². The Morgan fingerprint density at radius 2 is 2.00 bits per heavy atom. The monoisotopic (exact) mass is 264 g/mol. The minimum atomic E-state index is 0.241. The van der Waals surface area contributed by atoms with Crippen LogP contribution >= 0.6 is 0 Å². The molecular formula is C15H24N2O2. The maximum Gasteiger partial charge on any atom is 0.124 e. The van der Waals surface area contributed by atoms with E-state index in [0.29, 0.717) is 0 Å². The summed E-state index contributed by atoms with van der Waals surface area (Å²) in [5, 5.41) is 9.85. The van der Waals surface area contributed by atoms with Gasteiger partial charge in [0, 0.05) is 17.8 Å². The number of phenolic OH excluding ortho intramolecular Hbond substituents is 1. The van der Waals surface area contributed by atoms with E-state index in [9.17, 15) is 5.11 Å². The van der Waals surface area contributed by atoms with Gasteiger partial charge in [-0.25, -0.2) is 0 Å². The lowest BCUT2D eigenvalue weighted by Crippen LogP contribution is -2.25. The van der Waals surface area contributed by atoms with Crippen molar-refractivity contribution >= 4 is 5.71 Å². The molecule has 1 N–H and O–H groups in total. The molecular weight excluding hydrogens is 240 g/mol. The molecule has 0 fully saturated rings. The normalized spacial score (nSPS) is 11.9. The molecule has 4 heteroatoms. The summed E-state index contributed by atoms with van der Waals surface area (Å²) < 4.78 is 5.16. The van der Waals surface area contributed by atoms with Crippen LogP contribution in [0.4, 0.5) is 0 Å². The second-order valence-corrected chi connectivity index (χ2v) is 4.38. The first kappa shape index (κ1) is 15.5. The first-order valence-corrected chi connectivity index (χ1v) is 6.73. The first-order valence-electron chi connectivity index (χ1n) is 6.73. The highest BCUT2D eigenvalue weighted by molar-refractivity contribution is 6.01. The molecule has 0 amide bonds. The fourth-order valence-electron chi connectivity index (χ4n) is 1.92. The predicted molar refractivity (Wildman–Crippen MR) is 79.5 cm³/mol. The van der Waals surface area contributed by atoms with Crippen LogP contribution in [0.25, 0.3) is 0 Å². The van der Waals surface area contributed by atoms with Gasteiger partial charge in [0.1, 0.15) is 11.5 Å². The summed E-state index contributed by atoms with van der Waals surface area (Å²) in [6.07, 6.45) is 0. The maximum absolute atomic E-state index is 9.85. The number of hydrogen-bond donors (Lipinski definition) is 1. The SMILES string of the molecule is CCN(CC)CCN=C(C)c1cc(OC)ccc1O. The van der Waals surface area contributed by atoms with Gasteiger partial charge in [-0.05, 0) is 38.2 Å². The fourth-order valence-corrected chi connectivity index (χ4v) is 1.92. The lowest BCUT2D eigenvalue weighted by molar-refractivity contribution is 0.313. The van der Waals surface area contributed by atoms with Crippen LogP contribution < -0.4 is 4.74 Å². The summed E-state index contributed by atoms with van der Waals surface area (Å²) in [5.41, 5.74) is 1.57. The third-order valence-electron chi connectivity index (χ3n) is 3.25. The van der Waals surface area contributed by atoms with Gasteiger partial charge in [-0.1, -0.05) is 13.8 Å². The molecule has 0 aliphatic heterocycles. The van der Waals surface area contributed by atoms with Crippen molar-refractivity contribution in [3.8, 4) is 11.5 Å². The molecule has 1 rings (SSSR count). The van der Waals surface area contributed by atoms with Crippen LogP contribution in [0.1, 0.15) is 26.3 Å². The van der Waals surface area contributed by atoms with Crippen LogP contribution in [0, 0.1) is 0 Å². The number of ether oxygens (including phenoxy) is 1. The highest BCUT2D eigenvalue weighted by Crippen LogP contribution is 2.23. The van der Waals surface area contributed by atoms with E-state index in [1.807, 2.05) is 13.0 Å². The van der Waals surface area contributed by atoms with Gasteiger partial charge in [0.15, 0.2) is 0 Å². The minimum Gasteiger partial charge on any atom is -0.507 e. The van der Waals surface area contributed by atoms with Crippen molar-refractivity contribution in [1.82, 2.24) is 4.90 Å². The largest absolute Gasteiger partial charge is 0.507 e. The first-order chi connectivity index (χ1) is 9.12. The van der Waals surface area contributed by atoms with Crippen LogP contribution in [-0.4, -0.2) is 49.0 Å². The third kappa shape index (κ3) is 4.56. The summed E-state index contributed by atoms with van der Waals surface area (Å²) in [5.74, 6) is 0.969. The molecule has 0 unspecified atom stereocenters. The standard InChI is InChI=1S/C15H24N2O2/c1-5-17(6-2)10-9-16-12(3)14-11-13(19-4)7-8-15(14)18/h7-8,11,18H,5-6,9-10H2,1-4H3. The van der Waals surface area contributed by atoms with E-state index < -0.39 is 0 Å². The molecule has 0 spiro atoms. The number of rotatable bonds is 7. The van der Waals surface area contributed by atoms with Crippen molar-refractivity contribution < 1.29 is 9.84 Å². The molecule has 0 aliphatic rings. The zero-order chi connectivity index (χ0) is 14.3. The van der Waals surface area contributed by atoms with Crippen molar-refractivity contribution in [2.45, 2.75) is 20.8 Å². The van der Waals surface area contributed by atoms with Gasteiger partial charge in [-0.2, -0.15) is 0 Å². The summed E-state index contributed by atoms with van der Waals surface area (Å²) in [6.45, 7) is 9.96. The maximum atomic E-state index is 9.85. The van der Waals surface area contributed by atoms with Crippen LogP contribution in [0.3, 0.4) is 0 Å². The summed E-state index contributed by atoms with van der Waals surface area (Å²) >= 11 is 0. The number of benzene rings is 1.